The first kappa shape index (κ1) is 28.5. The molecular weight excluding hydrogens is 432 g/mol. The minimum Gasteiger partial charge on any atom is -0.410 e. The molecule has 0 amide bonds. The fourth-order valence-electron chi connectivity index (χ4n) is 3.03. The van der Waals surface area contributed by atoms with Gasteiger partial charge < -0.3 is 19.0 Å². The van der Waals surface area contributed by atoms with Gasteiger partial charge in [-0.15, -0.1) is 23.5 Å². The van der Waals surface area contributed by atoms with Crippen molar-refractivity contribution in [2.24, 2.45) is 0 Å². The van der Waals surface area contributed by atoms with Crippen molar-refractivity contribution in [3.8, 4) is 0 Å². The Morgan fingerprint density at radius 1 is 1.13 bits per heavy atom. The van der Waals surface area contributed by atoms with E-state index in [2.05, 4.69) is 46.9 Å². The Labute approximate surface area is 195 Å². The van der Waals surface area contributed by atoms with Crippen LogP contribution in [-0.2, 0) is 13.9 Å². The smallest absolute Gasteiger partial charge is 0.192 e. The molecule has 4 nitrogen and oxygen atoms in total. The molecule has 2 atom stereocenters. The van der Waals surface area contributed by atoms with Gasteiger partial charge in [0.15, 0.2) is 14.6 Å². The van der Waals surface area contributed by atoms with E-state index in [9.17, 15) is 5.11 Å². The molecule has 1 aliphatic heterocycles. The summed E-state index contributed by atoms with van der Waals surface area (Å²) >= 11 is 3.98. The summed E-state index contributed by atoms with van der Waals surface area (Å²) in [6, 6.07) is 0. The number of hydrogen-bond donors (Lipinski definition) is 1. The zero-order valence-corrected chi connectivity index (χ0v) is 23.2. The number of aliphatic hydroxyl groups is 1. The molecule has 1 N–H and O–H groups in total. The average molecular weight is 479 g/mol. The van der Waals surface area contributed by atoms with Crippen LogP contribution in [-0.4, -0.2) is 61.2 Å². The first-order valence-electron chi connectivity index (χ1n) is 11.5. The van der Waals surface area contributed by atoms with E-state index in [-0.39, 0.29) is 23.5 Å². The predicted molar refractivity (Wildman–Crippen MR) is 136 cm³/mol. The number of thioether (sulfide) groups is 2. The van der Waals surface area contributed by atoms with Crippen LogP contribution < -0.4 is 0 Å². The molecule has 178 valence electrons. The van der Waals surface area contributed by atoms with Crippen LogP contribution >= 0.6 is 23.5 Å². The van der Waals surface area contributed by atoms with E-state index < -0.39 is 8.32 Å². The molecule has 0 aromatic heterocycles. The second kappa shape index (κ2) is 13.9. The van der Waals surface area contributed by atoms with E-state index in [0.29, 0.717) is 30.6 Å². The zero-order chi connectivity index (χ0) is 22.8. The normalized spacial score (nSPS) is 19.3. The number of ether oxygens (including phenoxy) is 2. The van der Waals surface area contributed by atoms with Gasteiger partial charge in [0.05, 0.1) is 16.8 Å². The van der Waals surface area contributed by atoms with Crippen molar-refractivity contribution in [2.45, 2.75) is 108 Å². The highest BCUT2D eigenvalue weighted by Crippen LogP contribution is 2.39. The van der Waals surface area contributed by atoms with Crippen molar-refractivity contribution in [1.29, 1.82) is 0 Å². The van der Waals surface area contributed by atoms with Crippen LogP contribution in [0.15, 0.2) is 11.6 Å². The Hall–Kier alpha value is 0.497. The summed E-state index contributed by atoms with van der Waals surface area (Å²) in [5.41, 5.74) is 1.17. The van der Waals surface area contributed by atoms with Gasteiger partial charge in [-0.05, 0) is 75.2 Å². The summed E-state index contributed by atoms with van der Waals surface area (Å²) in [5, 5.41) is 10.7. The number of aliphatic hydroxyl groups excluding tert-OH is 1. The minimum absolute atomic E-state index is 0.0559. The van der Waals surface area contributed by atoms with Gasteiger partial charge in [-0.3, -0.25) is 0 Å². The van der Waals surface area contributed by atoms with Gasteiger partial charge in [-0.2, -0.15) is 0 Å². The third-order valence-electron chi connectivity index (χ3n) is 5.94. The monoisotopic (exact) mass is 478 g/mol. The molecular formula is C23H46O4S2Si. The molecule has 30 heavy (non-hydrogen) atoms. The first-order chi connectivity index (χ1) is 14.0. The van der Waals surface area contributed by atoms with Gasteiger partial charge in [-0.25, -0.2) is 0 Å². The second-order valence-electron chi connectivity index (χ2n) is 9.54. The Morgan fingerprint density at radius 2 is 1.70 bits per heavy atom. The summed E-state index contributed by atoms with van der Waals surface area (Å²) in [4.78, 5) is 0. The van der Waals surface area contributed by atoms with Gasteiger partial charge >= 0.3 is 0 Å². The average Bonchev–Trinajstić information content (AvgIpc) is 2.65. The van der Waals surface area contributed by atoms with E-state index in [4.69, 9.17) is 13.9 Å². The van der Waals surface area contributed by atoms with E-state index in [1.807, 2.05) is 37.4 Å². The maximum atomic E-state index is 10.6. The van der Waals surface area contributed by atoms with E-state index in [1.165, 1.54) is 23.5 Å². The third kappa shape index (κ3) is 10.4. The van der Waals surface area contributed by atoms with E-state index in [0.717, 1.165) is 6.42 Å². The molecule has 0 radical (unpaired) electrons. The molecule has 0 saturated carbocycles. The van der Waals surface area contributed by atoms with Crippen molar-refractivity contribution in [3.05, 3.63) is 11.6 Å². The van der Waals surface area contributed by atoms with E-state index >= 15 is 0 Å². The van der Waals surface area contributed by atoms with Crippen LogP contribution in [0.25, 0.3) is 0 Å². The number of rotatable bonds is 13. The molecule has 7 heteroatoms. The standard InChI is InChI=1S/C23H46O4S2Si/c1-9-25-21(26-10-2)17-20(27-30(7,8)23(4,5)6)18(3)12-13-19(24)16-22-28-14-11-15-29-22/h12,19-22,24H,9-11,13-17H2,1-8H3/b18-12+/t19-,20+/m1/s1. The summed E-state index contributed by atoms with van der Waals surface area (Å²) in [5.74, 6) is 2.44. The summed E-state index contributed by atoms with van der Waals surface area (Å²) in [6.07, 6.45) is 5.05. The molecule has 1 heterocycles. The van der Waals surface area contributed by atoms with Gasteiger partial charge in [-0.1, -0.05) is 26.8 Å². The van der Waals surface area contributed by atoms with Crippen LogP contribution in [0.1, 0.15) is 67.2 Å². The molecule has 0 aromatic rings. The Balaban J connectivity index is 2.84. The predicted octanol–water partition coefficient (Wildman–Crippen LogP) is 6.45. The van der Waals surface area contributed by atoms with Gasteiger partial charge in [0, 0.05) is 19.6 Å². The molecule has 0 spiro atoms. The highest BCUT2D eigenvalue weighted by Gasteiger charge is 2.40. The molecule has 0 aromatic carbocycles. The molecule has 0 unspecified atom stereocenters. The van der Waals surface area contributed by atoms with Crippen molar-refractivity contribution < 1.29 is 19.0 Å². The van der Waals surface area contributed by atoms with Crippen LogP contribution in [0.4, 0.5) is 0 Å². The van der Waals surface area contributed by atoms with Crippen LogP contribution in [0.2, 0.25) is 18.1 Å². The third-order valence-corrected chi connectivity index (χ3v) is 13.4. The lowest BCUT2D eigenvalue weighted by atomic mass is 10.0. The number of hydrogen-bond acceptors (Lipinski definition) is 6. The molecule has 1 aliphatic rings. The minimum atomic E-state index is -1.96. The zero-order valence-electron chi connectivity index (χ0n) is 20.5. The van der Waals surface area contributed by atoms with Gasteiger partial charge in [0.25, 0.3) is 0 Å². The first-order valence-corrected chi connectivity index (χ1v) is 16.5. The topological polar surface area (TPSA) is 47.9 Å². The van der Waals surface area contributed by atoms with Gasteiger partial charge in [0.2, 0.25) is 0 Å². The molecule has 1 saturated heterocycles. The Morgan fingerprint density at radius 3 is 2.20 bits per heavy atom. The van der Waals surface area contributed by atoms with Crippen LogP contribution in [0, 0.1) is 0 Å². The maximum Gasteiger partial charge on any atom is 0.192 e. The van der Waals surface area contributed by atoms with Crippen LogP contribution in [0.3, 0.4) is 0 Å². The SMILES string of the molecule is CCOC(C[C@H](O[Si](C)(C)C(C)(C)C)/C(C)=C/C[C@@H](O)CC1SCCCS1)OCC. The molecule has 1 fully saturated rings. The Bertz CT molecular complexity index is 496. The van der Waals surface area contributed by atoms with E-state index in [1.54, 1.807) is 0 Å². The summed E-state index contributed by atoms with van der Waals surface area (Å²) in [6.45, 7) is 18.7. The lowest BCUT2D eigenvalue weighted by Crippen LogP contribution is -2.45. The second-order valence-corrected chi connectivity index (χ2v) is 17.2. The lowest BCUT2D eigenvalue weighted by Gasteiger charge is -2.40. The van der Waals surface area contributed by atoms with Crippen molar-refractivity contribution >= 4 is 31.8 Å². The highest BCUT2D eigenvalue weighted by molar-refractivity contribution is 8.17. The Kier molecular flexibility index (Phi) is 13.2. The van der Waals surface area contributed by atoms with Crippen LogP contribution in [0.5, 0.6) is 0 Å². The highest BCUT2D eigenvalue weighted by atomic mass is 32.2. The van der Waals surface area contributed by atoms with Crippen molar-refractivity contribution in [1.82, 2.24) is 0 Å². The molecule has 0 bridgehead atoms. The summed E-state index contributed by atoms with van der Waals surface area (Å²) in [7, 11) is -1.96. The van der Waals surface area contributed by atoms with Gasteiger partial charge in [0.1, 0.15) is 0 Å². The van der Waals surface area contributed by atoms with Crippen molar-refractivity contribution in [2.75, 3.05) is 24.7 Å². The quantitative estimate of drug-likeness (QED) is 0.186. The molecule has 0 aliphatic carbocycles. The van der Waals surface area contributed by atoms with Crippen molar-refractivity contribution in [3.63, 3.8) is 0 Å². The summed E-state index contributed by atoms with van der Waals surface area (Å²) < 4.78 is 19.0. The fourth-order valence-corrected chi connectivity index (χ4v) is 7.39. The lowest BCUT2D eigenvalue weighted by molar-refractivity contribution is -0.148. The fraction of sp³-hybridized carbons (Fsp3) is 0.913. The molecule has 1 rings (SSSR count). The largest absolute Gasteiger partial charge is 0.410 e. The maximum absolute atomic E-state index is 10.6.